The number of anilines is 1. The lowest BCUT2D eigenvalue weighted by molar-refractivity contribution is 0.0963. The summed E-state index contributed by atoms with van der Waals surface area (Å²) in [5.74, 6) is 0.759. The van der Waals surface area contributed by atoms with Gasteiger partial charge in [0.25, 0.3) is 5.91 Å². The molecule has 1 fully saturated rings. The van der Waals surface area contributed by atoms with Crippen molar-refractivity contribution >= 4 is 23.2 Å². The highest BCUT2D eigenvalue weighted by atomic mass is 35.5. The molecule has 3 nitrogen and oxygen atoms in total. The van der Waals surface area contributed by atoms with E-state index in [9.17, 15) is 4.79 Å². The highest BCUT2D eigenvalue weighted by Gasteiger charge is 2.20. The minimum absolute atomic E-state index is 0.0913. The largest absolute Gasteiger partial charge is 0.381 e. The fraction of sp³-hybridized carbons (Fsp3) is 0.533. The van der Waals surface area contributed by atoms with E-state index in [-0.39, 0.29) is 5.91 Å². The van der Waals surface area contributed by atoms with Crippen molar-refractivity contribution in [3.63, 3.8) is 0 Å². The molecule has 1 aliphatic rings. The molecule has 0 aliphatic heterocycles. The van der Waals surface area contributed by atoms with Crippen molar-refractivity contribution in [3.05, 3.63) is 28.8 Å². The summed E-state index contributed by atoms with van der Waals surface area (Å²) in [5.41, 5.74) is 1.47. The van der Waals surface area contributed by atoms with Crippen LogP contribution in [0.2, 0.25) is 5.02 Å². The Morgan fingerprint density at radius 3 is 2.79 bits per heavy atom. The van der Waals surface area contributed by atoms with Crippen LogP contribution in [0.1, 0.15) is 43.0 Å². The van der Waals surface area contributed by atoms with E-state index in [1.807, 2.05) is 6.07 Å². The molecule has 2 N–H and O–H groups in total. The average molecular weight is 281 g/mol. The van der Waals surface area contributed by atoms with Crippen molar-refractivity contribution in [1.82, 2.24) is 5.32 Å². The number of hydrogen-bond donors (Lipinski definition) is 2. The number of carbonyl (C=O) groups excluding carboxylic acids is 1. The van der Waals surface area contributed by atoms with Gasteiger partial charge >= 0.3 is 0 Å². The van der Waals surface area contributed by atoms with Crippen molar-refractivity contribution in [2.45, 2.75) is 38.6 Å². The van der Waals surface area contributed by atoms with Gasteiger partial charge in [-0.3, -0.25) is 4.79 Å². The van der Waals surface area contributed by atoms with Crippen LogP contribution in [0.15, 0.2) is 18.2 Å². The first-order valence-electron chi connectivity index (χ1n) is 6.88. The highest BCUT2D eigenvalue weighted by Crippen LogP contribution is 2.32. The predicted octanol–water partition coefficient (Wildman–Crippen LogP) is 3.69. The van der Waals surface area contributed by atoms with Crippen molar-refractivity contribution in [2.75, 3.05) is 12.4 Å². The van der Waals surface area contributed by atoms with Gasteiger partial charge in [0.1, 0.15) is 0 Å². The van der Waals surface area contributed by atoms with E-state index in [2.05, 4.69) is 17.6 Å². The topological polar surface area (TPSA) is 41.1 Å². The fourth-order valence-electron chi connectivity index (χ4n) is 2.47. The van der Waals surface area contributed by atoms with Crippen LogP contribution in [0.5, 0.6) is 0 Å². The van der Waals surface area contributed by atoms with Gasteiger partial charge in [-0.25, -0.2) is 0 Å². The van der Waals surface area contributed by atoms with Gasteiger partial charge < -0.3 is 10.6 Å². The van der Waals surface area contributed by atoms with Crippen LogP contribution in [-0.2, 0) is 0 Å². The molecular formula is C15H21ClN2O. The number of benzene rings is 1. The number of amides is 1. The van der Waals surface area contributed by atoms with Crippen molar-refractivity contribution in [3.8, 4) is 0 Å². The smallest absolute Gasteiger partial charge is 0.251 e. The normalized spacial score (nSPS) is 16.6. The van der Waals surface area contributed by atoms with E-state index in [0.29, 0.717) is 16.6 Å². The van der Waals surface area contributed by atoms with Gasteiger partial charge in [0.15, 0.2) is 0 Å². The van der Waals surface area contributed by atoms with Crippen LogP contribution in [0, 0.1) is 5.92 Å². The summed E-state index contributed by atoms with van der Waals surface area (Å²) in [6.07, 6.45) is 5.22. The molecule has 1 amide bonds. The third-order valence-electron chi connectivity index (χ3n) is 3.77. The van der Waals surface area contributed by atoms with E-state index in [1.54, 1.807) is 19.2 Å². The summed E-state index contributed by atoms with van der Waals surface area (Å²) in [6.45, 7) is 2.17. The average Bonchev–Trinajstić information content (AvgIpc) is 2.35. The van der Waals surface area contributed by atoms with Gasteiger partial charge in [0, 0.05) is 18.7 Å². The monoisotopic (exact) mass is 280 g/mol. The van der Waals surface area contributed by atoms with Gasteiger partial charge in [-0.05, 0) is 37.5 Å². The third-order valence-corrected chi connectivity index (χ3v) is 4.10. The Balaban J connectivity index is 2.03. The summed E-state index contributed by atoms with van der Waals surface area (Å²) in [7, 11) is 1.63. The van der Waals surface area contributed by atoms with E-state index in [1.165, 1.54) is 25.7 Å². The molecule has 0 radical (unpaired) electrons. The minimum Gasteiger partial charge on any atom is -0.381 e. The summed E-state index contributed by atoms with van der Waals surface area (Å²) < 4.78 is 0. The molecule has 104 valence electrons. The summed E-state index contributed by atoms with van der Waals surface area (Å²) in [4.78, 5) is 11.6. The molecule has 2 rings (SSSR count). The lowest BCUT2D eigenvalue weighted by Gasteiger charge is -2.29. The van der Waals surface area contributed by atoms with Crippen LogP contribution < -0.4 is 10.6 Å². The number of hydrogen-bond acceptors (Lipinski definition) is 2. The second-order valence-electron chi connectivity index (χ2n) is 5.35. The molecule has 4 heteroatoms. The molecule has 1 aromatic rings. The molecule has 0 bridgehead atoms. The molecule has 1 atom stereocenters. The van der Waals surface area contributed by atoms with Gasteiger partial charge in [0.2, 0.25) is 0 Å². The van der Waals surface area contributed by atoms with Gasteiger partial charge in [-0.2, -0.15) is 0 Å². The zero-order chi connectivity index (χ0) is 13.8. The molecule has 0 spiro atoms. The lowest BCUT2D eigenvalue weighted by atomic mass is 9.81. The van der Waals surface area contributed by atoms with E-state index < -0.39 is 0 Å². The molecule has 1 saturated carbocycles. The molecule has 19 heavy (non-hydrogen) atoms. The maximum absolute atomic E-state index is 11.6. The Bertz CT molecular complexity index is 457. The first-order chi connectivity index (χ1) is 9.10. The fourth-order valence-corrected chi connectivity index (χ4v) is 2.65. The molecular weight excluding hydrogens is 260 g/mol. The number of carbonyl (C=O) groups is 1. The second-order valence-corrected chi connectivity index (χ2v) is 5.76. The lowest BCUT2D eigenvalue weighted by Crippen LogP contribution is -2.24. The van der Waals surface area contributed by atoms with E-state index in [0.717, 1.165) is 11.6 Å². The first kappa shape index (κ1) is 14.2. The van der Waals surface area contributed by atoms with Crippen molar-refractivity contribution in [1.29, 1.82) is 0 Å². The van der Waals surface area contributed by atoms with Crippen LogP contribution in [0.3, 0.4) is 0 Å². The Hall–Kier alpha value is -1.22. The molecule has 1 aliphatic carbocycles. The van der Waals surface area contributed by atoms with Crippen LogP contribution in [-0.4, -0.2) is 19.0 Å². The summed E-state index contributed by atoms with van der Waals surface area (Å²) in [6, 6.07) is 5.70. The Morgan fingerprint density at radius 2 is 2.21 bits per heavy atom. The van der Waals surface area contributed by atoms with Crippen molar-refractivity contribution in [2.24, 2.45) is 5.92 Å². The Labute approximate surface area is 119 Å². The van der Waals surface area contributed by atoms with Crippen LogP contribution >= 0.6 is 11.6 Å². The van der Waals surface area contributed by atoms with Crippen LogP contribution in [0.25, 0.3) is 0 Å². The number of halogens is 1. The zero-order valence-electron chi connectivity index (χ0n) is 11.5. The Morgan fingerprint density at radius 1 is 1.47 bits per heavy atom. The maximum Gasteiger partial charge on any atom is 0.251 e. The van der Waals surface area contributed by atoms with E-state index in [4.69, 9.17) is 11.6 Å². The maximum atomic E-state index is 11.6. The quantitative estimate of drug-likeness (QED) is 0.864. The number of nitrogens with one attached hydrogen (secondary N) is 2. The SMILES string of the molecule is CNC(=O)c1ccc(Cl)c(NC(C)CC2CCC2)c1. The summed E-state index contributed by atoms with van der Waals surface area (Å²) >= 11 is 6.18. The molecule has 0 heterocycles. The standard InChI is InChI=1S/C15H21ClN2O/c1-10(8-11-4-3-5-11)18-14-9-12(15(19)17-2)6-7-13(14)16/h6-7,9-11,18H,3-5,8H2,1-2H3,(H,17,19). The molecule has 1 aromatic carbocycles. The van der Waals surface area contributed by atoms with Gasteiger partial charge in [0.05, 0.1) is 10.7 Å². The highest BCUT2D eigenvalue weighted by molar-refractivity contribution is 6.33. The predicted molar refractivity (Wildman–Crippen MR) is 79.9 cm³/mol. The summed E-state index contributed by atoms with van der Waals surface area (Å²) in [5, 5.41) is 6.70. The molecule has 0 saturated heterocycles. The molecule has 1 unspecified atom stereocenters. The Kier molecular flexibility index (Phi) is 4.70. The minimum atomic E-state index is -0.0913. The van der Waals surface area contributed by atoms with Crippen LogP contribution in [0.4, 0.5) is 5.69 Å². The zero-order valence-corrected chi connectivity index (χ0v) is 12.3. The second kappa shape index (κ2) is 6.29. The first-order valence-corrected chi connectivity index (χ1v) is 7.26. The van der Waals surface area contributed by atoms with Crippen molar-refractivity contribution < 1.29 is 4.79 Å². The third kappa shape index (κ3) is 3.63. The number of rotatable bonds is 5. The van der Waals surface area contributed by atoms with Gasteiger partial charge in [-0.15, -0.1) is 0 Å². The van der Waals surface area contributed by atoms with Gasteiger partial charge in [-0.1, -0.05) is 30.9 Å². The molecule has 0 aromatic heterocycles. The van der Waals surface area contributed by atoms with E-state index >= 15 is 0 Å².